The van der Waals surface area contributed by atoms with E-state index in [0.717, 1.165) is 25.7 Å². The Balaban J connectivity index is 1.33. The summed E-state index contributed by atoms with van der Waals surface area (Å²) < 4.78 is 22.9. The summed E-state index contributed by atoms with van der Waals surface area (Å²) in [6.45, 7) is 10.7. The van der Waals surface area contributed by atoms with Crippen molar-refractivity contribution in [2.75, 3.05) is 20.8 Å². The van der Waals surface area contributed by atoms with E-state index in [4.69, 9.17) is 18.9 Å². The van der Waals surface area contributed by atoms with Crippen molar-refractivity contribution >= 4 is 0 Å². The van der Waals surface area contributed by atoms with Crippen molar-refractivity contribution in [2.24, 2.45) is 46.3 Å². The Kier molecular flexibility index (Phi) is 10.2. The van der Waals surface area contributed by atoms with Crippen molar-refractivity contribution in [2.45, 2.75) is 147 Å². The summed E-state index contributed by atoms with van der Waals surface area (Å²) in [7, 11) is 2.97. The van der Waals surface area contributed by atoms with Crippen LogP contribution in [0.1, 0.15) is 86.0 Å². The van der Waals surface area contributed by atoms with Gasteiger partial charge in [0, 0.05) is 32.5 Å². The average molecular weight is 629 g/mol. The molecule has 256 valence electrons. The Morgan fingerprint density at radius 3 is 2.18 bits per heavy atom. The highest BCUT2D eigenvalue weighted by molar-refractivity contribution is 5.21. The first-order valence-electron chi connectivity index (χ1n) is 17.1. The summed E-state index contributed by atoms with van der Waals surface area (Å²) in [5.74, 6) is -0.386. The van der Waals surface area contributed by atoms with Crippen LogP contribution in [-0.4, -0.2) is 112 Å². The highest BCUT2D eigenvalue weighted by atomic mass is 16.7. The summed E-state index contributed by atoms with van der Waals surface area (Å²) in [6, 6.07) is 0. The van der Waals surface area contributed by atoms with Crippen molar-refractivity contribution in [1.29, 1.82) is 0 Å². The quantitative estimate of drug-likeness (QED) is 0.209. The number of rotatable bonds is 9. The van der Waals surface area contributed by atoms with Crippen LogP contribution < -0.4 is 0 Å². The van der Waals surface area contributed by atoms with Crippen molar-refractivity contribution < 1.29 is 49.6 Å². The molecule has 5 rings (SSSR count). The second kappa shape index (κ2) is 12.9. The third-order valence-electron chi connectivity index (χ3n) is 13.4. The molecule has 0 spiro atoms. The van der Waals surface area contributed by atoms with Crippen LogP contribution in [0, 0.1) is 46.3 Å². The van der Waals surface area contributed by atoms with Crippen molar-refractivity contribution in [3.8, 4) is 0 Å². The Morgan fingerprint density at radius 2 is 1.55 bits per heavy atom. The third kappa shape index (κ3) is 5.61. The summed E-state index contributed by atoms with van der Waals surface area (Å²) in [5, 5.41) is 68.9. The van der Waals surface area contributed by atoms with Crippen LogP contribution in [-0.2, 0) is 18.9 Å². The maximum Gasteiger partial charge on any atom is 0.186 e. The lowest BCUT2D eigenvalue weighted by atomic mass is 9.41. The first-order chi connectivity index (χ1) is 20.6. The smallest absolute Gasteiger partial charge is 0.186 e. The molecule has 44 heavy (non-hydrogen) atoms. The number of hydrogen-bond acceptors (Lipinski definition) is 10. The molecule has 4 saturated carbocycles. The Hall–Kier alpha value is -0.400. The van der Waals surface area contributed by atoms with Crippen molar-refractivity contribution in [3.63, 3.8) is 0 Å². The SMILES string of the molecule is COC1COC(O[C@H]2CC[C@@]3(C)C([C@H](O)C[C@]4(O)C3CC[C@@]3(C)C4[C@@H](O)C[C@@H]3[C@H](C)CC[C@H](O)C(C)C)[C@H]2O)C(OC)C1O. The molecule has 7 unspecified atom stereocenters. The van der Waals surface area contributed by atoms with Gasteiger partial charge in [0.05, 0.1) is 42.7 Å². The molecular weight excluding hydrogens is 568 g/mol. The van der Waals surface area contributed by atoms with Crippen molar-refractivity contribution in [3.05, 3.63) is 0 Å². The minimum atomic E-state index is -1.26. The fraction of sp³-hybridized carbons (Fsp3) is 1.00. The molecule has 1 aliphatic heterocycles. The van der Waals surface area contributed by atoms with Crippen LogP contribution in [0.2, 0.25) is 0 Å². The van der Waals surface area contributed by atoms with E-state index < -0.39 is 66.0 Å². The van der Waals surface area contributed by atoms with E-state index in [1.54, 1.807) is 0 Å². The molecule has 0 bridgehead atoms. The fourth-order valence-electron chi connectivity index (χ4n) is 11.1. The van der Waals surface area contributed by atoms with E-state index in [2.05, 4.69) is 20.8 Å². The van der Waals surface area contributed by atoms with Gasteiger partial charge in [-0.15, -0.1) is 0 Å². The van der Waals surface area contributed by atoms with E-state index in [0.29, 0.717) is 19.3 Å². The number of ether oxygens (including phenoxy) is 4. The lowest BCUT2D eigenvalue weighted by Gasteiger charge is -2.66. The van der Waals surface area contributed by atoms with E-state index in [1.165, 1.54) is 14.2 Å². The minimum Gasteiger partial charge on any atom is -0.393 e. The molecule has 1 saturated heterocycles. The van der Waals surface area contributed by atoms with Crippen LogP contribution in [0.4, 0.5) is 0 Å². The van der Waals surface area contributed by atoms with Gasteiger partial charge in [-0.05, 0) is 79.4 Å². The highest BCUT2D eigenvalue weighted by Crippen LogP contribution is 2.70. The number of fused-ring (bicyclic) bond motifs is 5. The van der Waals surface area contributed by atoms with Gasteiger partial charge in [-0.1, -0.05) is 34.6 Å². The first kappa shape index (κ1) is 34.9. The molecule has 4 aliphatic carbocycles. The van der Waals surface area contributed by atoms with Gasteiger partial charge in [-0.3, -0.25) is 0 Å². The van der Waals surface area contributed by atoms with Gasteiger partial charge in [0.1, 0.15) is 18.3 Å². The number of methoxy groups -OCH3 is 2. The molecule has 17 atom stereocenters. The molecular formula is C34H60O10. The lowest BCUT2D eigenvalue weighted by Crippen LogP contribution is -2.71. The number of aliphatic hydroxyl groups is 6. The van der Waals surface area contributed by atoms with Gasteiger partial charge in [0.25, 0.3) is 0 Å². The zero-order valence-electron chi connectivity index (χ0n) is 27.8. The zero-order chi connectivity index (χ0) is 32.4. The molecule has 0 amide bonds. The maximum atomic E-state index is 12.7. The lowest BCUT2D eigenvalue weighted by molar-refractivity contribution is -0.321. The predicted octanol–water partition coefficient (Wildman–Crippen LogP) is 2.24. The van der Waals surface area contributed by atoms with E-state index in [-0.39, 0.29) is 54.1 Å². The highest BCUT2D eigenvalue weighted by Gasteiger charge is 2.72. The van der Waals surface area contributed by atoms with Crippen LogP contribution in [0.15, 0.2) is 0 Å². The molecule has 6 N–H and O–H groups in total. The van der Waals surface area contributed by atoms with Crippen LogP contribution in [0.3, 0.4) is 0 Å². The predicted molar refractivity (Wildman–Crippen MR) is 162 cm³/mol. The van der Waals surface area contributed by atoms with Gasteiger partial charge >= 0.3 is 0 Å². The molecule has 1 heterocycles. The Bertz CT molecular complexity index is 982. The normalized spacial score (nSPS) is 52.2. The largest absolute Gasteiger partial charge is 0.393 e. The molecule has 10 heteroatoms. The fourth-order valence-corrected chi connectivity index (χ4v) is 11.1. The molecule has 5 fully saturated rings. The van der Waals surface area contributed by atoms with Crippen molar-refractivity contribution in [1.82, 2.24) is 0 Å². The van der Waals surface area contributed by atoms with Gasteiger partial charge in [0.15, 0.2) is 6.29 Å². The van der Waals surface area contributed by atoms with Gasteiger partial charge in [-0.25, -0.2) is 0 Å². The molecule has 0 aromatic heterocycles. The minimum absolute atomic E-state index is 0.0983. The van der Waals surface area contributed by atoms with Crippen LogP contribution in [0.5, 0.6) is 0 Å². The first-order valence-corrected chi connectivity index (χ1v) is 17.1. The van der Waals surface area contributed by atoms with E-state index in [1.807, 2.05) is 13.8 Å². The molecule has 0 radical (unpaired) electrons. The van der Waals surface area contributed by atoms with Gasteiger partial charge < -0.3 is 49.6 Å². The molecule has 0 aromatic carbocycles. The Labute approximate surface area is 263 Å². The molecule has 0 aromatic rings. The maximum absolute atomic E-state index is 12.7. The second-order valence-electron chi connectivity index (χ2n) is 16.0. The molecule has 5 aliphatic rings. The Morgan fingerprint density at radius 1 is 0.864 bits per heavy atom. The summed E-state index contributed by atoms with van der Waals surface area (Å²) in [4.78, 5) is 0. The monoisotopic (exact) mass is 628 g/mol. The average Bonchev–Trinajstić information content (AvgIpc) is 3.24. The van der Waals surface area contributed by atoms with Crippen LogP contribution >= 0.6 is 0 Å². The number of hydrogen-bond donors (Lipinski definition) is 6. The van der Waals surface area contributed by atoms with Gasteiger partial charge in [0.2, 0.25) is 0 Å². The summed E-state index contributed by atoms with van der Waals surface area (Å²) >= 11 is 0. The number of aliphatic hydroxyl groups excluding tert-OH is 5. The second-order valence-corrected chi connectivity index (χ2v) is 16.0. The molecule has 10 nitrogen and oxygen atoms in total. The van der Waals surface area contributed by atoms with Gasteiger partial charge in [-0.2, -0.15) is 0 Å². The standard InChI is InChI=1S/C34H60O10/c1-17(2)20(35)9-8-18(3)19-14-21(36)30-32(19,4)13-11-25-33(5)12-10-23(27(38)26(33)22(37)15-34(25,30)40)44-31-29(42-7)28(39)24(41-6)16-43-31/h17-31,35-40H,8-16H2,1-7H3/t18-,19-,20+,21+,22-,23+,24?,25?,26?,27+,28?,29?,30?,31?,32-,33-,34+/m1/s1. The van der Waals surface area contributed by atoms with E-state index in [9.17, 15) is 30.6 Å². The van der Waals surface area contributed by atoms with Crippen LogP contribution in [0.25, 0.3) is 0 Å². The summed E-state index contributed by atoms with van der Waals surface area (Å²) in [5.41, 5.74) is -2.11. The third-order valence-corrected chi connectivity index (χ3v) is 13.4. The zero-order valence-corrected chi connectivity index (χ0v) is 27.8. The topological polar surface area (TPSA) is 158 Å². The summed E-state index contributed by atoms with van der Waals surface area (Å²) in [6.07, 6.45) is -1.79. The van der Waals surface area contributed by atoms with E-state index >= 15 is 0 Å².